The third-order valence-electron chi connectivity index (χ3n) is 0.165. The average Bonchev–Trinajstić information content (AvgIpc) is 1.27. The van der Waals surface area contributed by atoms with Crippen LogP contribution in [-0.2, 0) is 19.5 Å². The topological polar surface area (TPSA) is 86.5 Å². The third-order valence-corrected chi connectivity index (χ3v) is 1.48. The first-order valence-electron chi connectivity index (χ1n) is 1.24. The van der Waals surface area contributed by atoms with Gasteiger partial charge in [0.2, 0.25) is 0 Å². The molecule has 1 atom stereocenters. The zero-order valence-electron chi connectivity index (χ0n) is 3.16. The molecule has 0 saturated heterocycles. The molecule has 5 nitrogen and oxygen atoms in total. The normalized spacial score (nSPS) is 14.6. The van der Waals surface area contributed by atoms with Gasteiger partial charge in [-0.15, -0.1) is 0 Å². The Morgan fingerprint density at radius 2 is 2.00 bits per heavy atom. The lowest BCUT2D eigenvalue weighted by Crippen LogP contribution is -1.82. The maximum atomic E-state index is 9.61. The number of rotatable bonds is 2. The van der Waals surface area contributed by atoms with Crippen LogP contribution in [0.4, 0.5) is 0 Å². The first-order chi connectivity index (χ1) is 3.13. The van der Waals surface area contributed by atoms with Gasteiger partial charge < -0.3 is 0 Å². The summed E-state index contributed by atoms with van der Waals surface area (Å²) in [6.07, 6.45) is 0. The Kier molecular flexibility index (Phi) is 3.19. The van der Waals surface area contributed by atoms with Crippen LogP contribution >= 0.6 is 8.18 Å². The second kappa shape index (κ2) is 3.15. The van der Waals surface area contributed by atoms with E-state index in [1.807, 2.05) is 0 Å². The Labute approximate surface area is 42.5 Å². The van der Waals surface area contributed by atoms with Gasteiger partial charge >= 0.3 is 0 Å². The predicted molar refractivity (Wildman–Crippen MR) is 24.6 cm³/mol. The van der Waals surface area contributed by atoms with Gasteiger partial charge in [0.1, 0.15) is 0 Å². The van der Waals surface area contributed by atoms with Crippen molar-refractivity contribution in [3.05, 3.63) is 0 Å². The smallest absolute Gasteiger partial charge is 0.270 e. The highest BCUT2D eigenvalue weighted by Gasteiger charge is 1.85. The summed E-state index contributed by atoms with van der Waals surface area (Å²) < 4.78 is 31.9. The molecule has 0 aromatic heterocycles. The molecule has 7 heteroatoms. The lowest BCUT2D eigenvalue weighted by atomic mass is 13.9. The molecule has 0 aromatic carbocycles. The van der Waals surface area contributed by atoms with E-state index in [1.54, 1.807) is 0 Å². The fourth-order valence-corrected chi connectivity index (χ4v) is 0.661. The first-order valence-corrected chi connectivity index (χ1v) is 3.73. The van der Waals surface area contributed by atoms with Gasteiger partial charge in [0, 0.05) is 0 Å². The molecule has 0 aliphatic carbocycles. The van der Waals surface area contributed by atoms with Crippen LogP contribution in [0.25, 0.3) is 0 Å². The monoisotopic (exact) mass is 145 g/mol. The molecule has 0 spiro atoms. The van der Waals surface area contributed by atoms with E-state index in [4.69, 9.17) is 0 Å². The highest BCUT2D eigenvalue weighted by Crippen LogP contribution is 2.07. The van der Waals surface area contributed by atoms with E-state index in [9.17, 15) is 13.0 Å². The molecule has 0 rings (SSSR count). The molecular formula is H4NO4PS. The summed E-state index contributed by atoms with van der Waals surface area (Å²) in [6, 6.07) is 0. The summed E-state index contributed by atoms with van der Waals surface area (Å²) >= 11 is 0. The third kappa shape index (κ3) is 6.10. The van der Waals surface area contributed by atoms with Crippen molar-refractivity contribution in [3.63, 3.8) is 0 Å². The summed E-state index contributed by atoms with van der Waals surface area (Å²) in [5.41, 5.74) is 4.43. The van der Waals surface area contributed by atoms with Crippen LogP contribution < -0.4 is 5.50 Å². The molecule has 0 amide bonds. The van der Waals surface area contributed by atoms with Crippen molar-refractivity contribution in [1.29, 1.82) is 0 Å². The molecule has 0 aromatic rings. The van der Waals surface area contributed by atoms with Crippen LogP contribution in [0.3, 0.4) is 0 Å². The Balaban J connectivity index is 3.53. The molecule has 44 valence electrons. The Hall–Kier alpha value is 0.100. The molecule has 0 heterocycles. The van der Waals surface area contributed by atoms with Crippen molar-refractivity contribution in [2.75, 3.05) is 0 Å². The van der Waals surface area contributed by atoms with Gasteiger partial charge in [-0.1, -0.05) is 0 Å². The predicted octanol–water partition coefficient (Wildman–Crippen LogP) is -1.12. The van der Waals surface area contributed by atoms with E-state index in [2.05, 4.69) is 9.47 Å². The van der Waals surface area contributed by atoms with Crippen molar-refractivity contribution in [2.45, 2.75) is 0 Å². The minimum absolute atomic E-state index is 2.78. The van der Waals surface area contributed by atoms with Crippen LogP contribution in [0.15, 0.2) is 0 Å². The molecule has 0 saturated carbocycles. The van der Waals surface area contributed by atoms with Gasteiger partial charge in [-0.25, -0.2) is 12.4 Å². The van der Waals surface area contributed by atoms with E-state index < -0.39 is 19.2 Å². The number of hydrogen-bond acceptors (Lipinski definition) is 4. The van der Waals surface area contributed by atoms with Gasteiger partial charge in [0.25, 0.3) is 19.2 Å². The van der Waals surface area contributed by atoms with Crippen LogP contribution in [0.1, 0.15) is 0 Å². The number of hydrogen-bond donors (Lipinski definition) is 2. The van der Waals surface area contributed by atoms with Crippen molar-refractivity contribution >= 4 is 19.2 Å². The average molecular weight is 145 g/mol. The first kappa shape index (κ1) is 7.10. The van der Waals surface area contributed by atoms with Crippen LogP contribution in [0, 0.1) is 0 Å². The minimum Gasteiger partial charge on any atom is -0.277 e. The van der Waals surface area contributed by atoms with E-state index >= 15 is 0 Å². The molecule has 2 N–H and O–H groups in total. The van der Waals surface area contributed by atoms with Gasteiger partial charge in [0.05, 0.1) is 0 Å². The van der Waals surface area contributed by atoms with Crippen LogP contribution in [0.2, 0.25) is 0 Å². The minimum atomic E-state index is -3.03. The standard InChI is InChI=1S/H4NO4PS/c1-6(2)5-7(3)4/h6-7H,(H2,1,2). The van der Waals surface area contributed by atoms with E-state index in [0.29, 0.717) is 0 Å². The summed E-state index contributed by atoms with van der Waals surface area (Å²) in [5.74, 6) is 0. The molecule has 0 radical (unpaired) electrons. The fraction of sp³-hybridized carbons (Fsp3) is 0. The quantitative estimate of drug-likeness (QED) is 0.379. The molecular weight excluding hydrogens is 141 g/mol. The molecule has 1 unspecified atom stereocenters. The zero-order valence-corrected chi connectivity index (χ0v) is 5.05. The largest absolute Gasteiger partial charge is 0.277 e. The maximum absolute atomic E-state index is 9.61. The summed E-state index contributed by atoms with van der Waals surface area (Å²) in [6.45, 7) is 0. The summed E-state index contributed by atoms with van der Waals surface area (Å²) in [4.78, 5) is 0. The Morgan fingerprint density at radius 3 is 2.00 bits per heavy atom. The lowest BCUT2D eigenvalue weighted by Gasteiger charge is -1.80. The number of nitrogens with two attached hydrogens (primary N) is 1. The second-order valence-corrected chi connectivity index (χ2v) is 2.45. The summed E-state index contributed by atoms with van der Waals surface area (Å²) in [7, 11) is -5.81. The van der Waals surface area contributed by atoms with Crippen molar-refractivity contribution in [3.8, 4) is 0 Å². The van der Waals surface area contributed by atoms with Crippen LogP contribution in [-0.4, -0.2) is 8.42 Å². The molecule has 0 aliphatic heterocycles. The highest BCUT2D eigenvalue weighted by molar-refractivity contribution is 7.72. The molecule has 0 aliphatic rings. The second-order valence-electron chi connectivity index (χ2n) is 0.634. The Bertz CT molecular complexity index is 129. The van der Waals surface area contributed by atoms with Gasteiger partial charge in [-0.2, -0.15) is 0 Å². The van der Waals surface area contributed by atoms with E-state index in [0.717, 1.165) is 0 Å². The highest BCUT2D eigenvalue weighted by atomic mass is 32.2. The van der Waals surface area contributed by atoms with E-state index in [1.165, 1.54) is 0 Å². The number of thiol groups is 1. The van der Waals surface area contributed by atoms with Gasteiger partial charge in [0.15, 0.2) is 0 Å². The maximum Gasteiger partial charge on any atom is 0.270 e. The molecule has 7 heavy (non-hydrogen) atoms. The summed E-state index contributed by atoms with van der Waals surface area (Å²) in [5, 5.41) is 0. The SMILES string of the molecule is N[PH](=O)O[SH](=O)=O. The molecule has 0 bridgehead atoms. The van der Waals surface area contributed by atoms with Crippen molar-refractivity contribution < 1.29 is 17.0 Å². The van der Waals surface area contributed by atoms with Crippen LogP contribution in [0.5, 0.6) is 0 Å². The van der Waals surface area contributed by atoms with Crippen molar-refractivity contribution in [2.24, 2.45) is 5.50 Å². The van der Waals surface area contributed by atoms with E-state index in [-0.39, 0.29) is 0 Å². The van der Waals surface area contributed by atoms with Crippen molar-refractivity contribution in [1.82, 2.24) is 0 Å². The Morgan fingerprint density at radius 1 is 1.57 bits per heavy atom. The zero-order chi connectivity index (χ0) is 5.86. The lowest BCUT2D eigenvalue weighted by molar-refractivity contribution is 0.492. The molecule has 0 fully saturated rings. The fourth-order valence-electron chi connectivity index (χ4n) is 0.0735. The van der Waals surface area contributed by atoms with Gasteiger partial charge in [-0.3, -0.25) is 10.1 Å². The van der Waals surface area contributed by atoms with Gasteiger partial charge in [-0.05, 0) is 0 Å².